The molecule has 0 aliphatic heterocycles. The lowest BCUT2D eigenvalue weighted by Gasteiger charge is -2.09. The van der Waals surface area contributed by atoms with E-state index in [0.29, 0.717) is 41.0 Å². The average Bonchev–Trinajstić information content (AvgIpc) is 3.61. The summed E-state index contributed by atoms with van der Waals surface area (Å²) in [4.78, 5) is 22.7. The normalized spacial score (nSPS) is 13.1. The summed E-state index contributed by atoms with van der Waals surface area (Å²) in [6, 6.07) is 17.5. The Morgan fingerprint density at radius 2 is 1.81 bits per heavy atom. The summed E-state index contributed by atoms with van der Waals surface area (Å²) in [7, 11) is 1.61. The second-order valence-electron chi connectivity index (χ2n) is 7.86. The highest BCUT2D eigenvalue weighted by atomic mass is 16.5. The van der Waals surface area contributed by atoms with Crippen LogP contribution in [0.3, 0.4) is 0 Å². The van der Waals surface area contributed by atoms with Crippen molar-refractivity contribution < 1.29 is 4.74 Å². The van der Waals surface area contributed by atoms with Crippen molar-refractivity contribution in [3.8, 4) is 11.8 Å². The van der Waals surface area contributed by atoms with Gasteiger partial charge in [-0.3, -0.25) is 9.13 Å². The molecule has 0 amide bonds. The van der Waals surface area contributed by atoms with Crippen LogP contribution < -0.4 is 15.7 Å². The molecular weight excluding hydrogens is 404 g/mol. The summed E-state index contributed by atoms with van der Waals surface area (Å²) in [5, 5.41) is 12.8. The largest absolute Gasteiger partial charge is 0.496 e. The van der Waals surface area contributed by atoms with E-state index in [4.69, 9.17) is 4.74 Å². The van der Waals surface area contributed by atoms with Gasteiger partial charge >= 0.3 is 5.69 Å². The van der Waals surface area contributed by atoms with Crippen LogP contribution in [0.5, 0.6) is 5.75 Å². The van der Waals surface area contributed by atoms with Gasteiger partial charge in [0.2, 0.25) is 5.95 Å². The molecule has 160 valence electrons. The van der Waals surface area contributed by atoms with Crippen molar-refractivity contribution >= 4 is 17.1 Å². The molecule has 4 aromatic rings. The van der Waals surface area contributed by atoms with E-state index in [1.54, 1.807) is 28.5 Å². The molecule has 1 aliphatic rings. The predicted molar refractivity (Wildman–Crippen MR) is 121 cm³/mol. The molecule has 1 aliphatic carbocycles. The van der Waals surface area contributed by atoms with Gasteiger partial charge in [0.25, 0.3) is 0 Å². The van der Waals surface area contributed by atoms with Crippen molar-refractivity contribution in [1.29, 1.82) is 5.26 Å². The van der Waals surface area contributed by atoms with Gasteiger partial charge in [-0.25, -0.2) is 9.78 Å². The molecule has 2 heterocycles. The Morgan fingerprint density at radius 1 is 1.09 bits per heavy atom. The van der Waals surface area contributed by atoms with Gasteiger partial charge in [-0.15, -0.1) is 0 Å². The van der Waals surface area contributed by atoms with Crippen LogP contribution in [-0.4, -0.2) is 32.3 Å². The minimum Gasteiger partial charge on any atom is -0.496 e. The van der Waals surface area contributed by atoms with Crippen LogP contribution in [0.25, 0.3) is 11.2 Å². The number of imidazole rings is 1. The summed E-state index contributed by atoms with van der Waals surface area (Å²) >= 11 is 0. The first kappa shape index (κ1) is 19.8. The Bertz CT molecular complexity index is 1390. The Labute approximate surface area is 184 Å². The summed E-state index contributed by atoms with van der Waals surface area (Å²) in [5.74, 6) is 1.23. The Morgan fingerprint density at radius 3 is 2.56 bits per heavy atom. The van der Waals surface area contributed by atoms with E-state index in [2.05, 4.69) is 21.4 Å². The lowest BCUT2D eigenvalue weighted by molar-refractivity contribution is 0.408. The lowest BCUT2D eigenvalue weighted by atomic mass is 10.1. The minimum atomic E-state index is -0.212. The Balaban J connectivity index is 1.64. The van der Waals surface area contributed by atoms with Crippen molar-refractivity contribution in [1.82, 2.24) is 19.1 Å². The molecule has 1 fully saturated rings. The number of rotatable bonds is 7. The van der Waals surface area contributed by atoms with Crippen LogP contribution in [0.4, 0.5) is 5.95 Å². The maximum atomic E-state index is 13.6. The third-order valence-corrected chi connectivity index (χ3v) is 5.66. The molecule has 0 bridgehead atoms. The zero-order valence-electron chi connectivity index (χ0n) is 17.7. The van der Waals surface area contributed by atoms with Gasteiger partial charge in [-0.2, -0.15) is 10.2 Å². The second-order valence-corrected chi connectivity index (χ2v) is 7.86. The number of ether oxygens (including phenoxy) is 1. The molecule has 0 unspecified atom stereocenters. The van der Waals surface area contributed by atoms with Crippen LogP contribution in [0, 0.1) is 11.3 Å². The highest BCUT2D eigenvalue weighted by molar-refractivity contribution is 5.72. The second kappa shape index (κ2) is 8.19. The van der Waals surface area contributed by atoms with Gasteiger partial charge in [-0.05, 0) is 30.5 Å². The van der Waals surface area contributed by atoms with Crippen LogP contribution in [-0.2, 0) is 13.1 Å². The van der Waals surface area contributed by atoms with Gasteiger partial charge < -0.3 is 10.1 Å². The summed E-state index contributed by atoms with van der Waals surface area (Å²) in [5.41, 5.74) is 3.15. The molecular formula is C24H22N6O2. The minimum absolute atomic E-state index is 0.212. The zero-order chi connectivity index (χ0) is 22.1. The quantitative estimate of drug-likeness (QED) is 0.488. The molecule has 1 saturated carbocycles. The molecule has 0 radical (unpaired) electrons. The highest BCUT2D eigenvalue weighted by Crippen LogP contribution is 2.25. The van der Waals surface area contributed by atoms with Gasteiger partial charge in [0.1, 0.15) is 11.3 Å². The molecule has 32 heavy (non-hydrogen) atoms. The maximum absolute atomic E-state index is 13.6. The van der Waals surface area contributed by atoms with Crippen LogP contribution in [0.2, 0.25) is 0 Å². The molecule has 8 heteroatoms. The maximum Gasteiger partial charge on any atom is 0.331 e. The molecule has 0 spiro atoms. The molecule has 0 atom stereocenters. The number of nitriles is 1. The van der Waals surface area contributed by atoms with Gasteiger partial charge in [0.05, 0.1) is 38.0 Å². The van der Waals surface area contributed by atoms with Crippen molar-refractivity contribution in [2.75, 3.05) is 12.4 Å². The number of nitrogens with zero attached hydrogens (tertiary/aromatic N) is 5. The number of hydrogen-bond donors (Lipinski definition) is 1. The topological polar surface area (TPSA) is 97.8 Å². The molecule has 2 aromatic heterocycles. The number of hydrogen-bond acceptors (Lipinski definition) is 6. The van der Waals surface area contributed by atoms with Gasteiger partial charge in [0.15, 0.2) is 5.65 Å². The molecule has 2 aromatic carbocycles. The molecule has 0 saturated heterocycles. The average molecular weight is 426 g/mol. The van der Waals surface area contributed by atoms with Crippen LogP contribution >= 0.6 is 0 Å². The van der Waals surface area contributed by atoms with Gasteiger partial charge in [-0.1, -0.05) is 36.4 Å². The first-order valence-corrected chi connectivity index (χ1v) is 10.5. The first-order chi connectivity index (χ1) is 15.7. The Kier molecular flexibility index (Phi) is 5.07. The lowest BCUT2D eigenvalue weighted by Crippen LogP contribution is -2.25. The monoisotopic (exact) mass is 426 g/mol. The fraction of sp³-hybridized carbons (Fsp3) is 0.250. The zero-order valence-corrected chi connectivity index (χ0v) is 17.7. The number of anilines is 1. The smallest absolute Gasteiger partial charge is 0.331 e. The predicted octanol–water partition coefficient (Wildman–Crippen LogP) is 3.14. The fourth-order valence-electron chi connectivity index (χ4n) is 3.81. The third kappa shape index (κ3) is 3.69. The number of nitrogens with one attached hydrogen (secondary N) is 1. The number of aromatic nitrogens is 4. The number of para-hydroxylation sites is 1. The molecule has 8 nitrogen and oxygen atoms in total. The number of fused-ring (bicyclic) bond motifs is 1. The van der Waals surface area contributed by atoms with E-state index in [1.165, 1.54) is 0 Å². The standard InChI is InChI=1S/C24H22N6O2/c1-32-21-9-5-4-8-18(21)15-30-22-20(13-26-23(28-22)27-19-10-11-19)29(24(30)31)14-17-7-3-2-6-16(17)12-25/h2-9,13,19H,10-11,14-15H2,1H3,(H,26,27,28). The number of methoxy groups -OCH3 is 1. The van der Waals surface area contributed by atoms with Crippen molar-refractivity contribution in [3.63, 3.8) is 0 Å². The first-order valence-electron chi connectivity index (χ1n) is 10.5. The van der Waals surface area contributed by atoms with Crippen molar-refractivity contribution in [3.05, 3.63) is 81.9 Å². The van der Waals surface area contributed by atoms with Crippen LogP contribution in [0.15, 0.2) is 59.5 Å². The Hall–Kier alpha value is -4.12. The van der Waals surface area contributed by atoms with E-state index >= 15 is 0 Å². The van der Waals surface area contributed by atoms with Crippen LogP contribution in [0.1, 0.15) is 29.5 Å². The molecule has 5 rings (SSSR count). The van der Waals surface area contributed by atoms with E-state index in [-0.39, 0.29) is 12.2 Å². The van der Waals surface area contributed by atoms with Gasteiger partial charge in [0, 0.05) is 11.6 Å². The van der Waals surface area contributed by atoms with E-state index < -0.39 is 0 Å². The van der Waals surface area contributed by atoms with E-state index in [9.17, 15) is 10.1 Å². The fourth-order valence-corrected chi connectivity index (χ4v) is 3.81. The van der Waals surface area contributed by atoms with Crippen molar-refractivity contribution in [2.24, 2.45) is 0 Å². The third-order valence-electron chi connectivity index (χ3n) is 5.66. The van der Waals surface area contributed by atoms with E-state index in [1.807, 2.05) is 42.5 Å². The number of benzene rings is 2. The SMILES string of the molecule is COc1ccccc1Cn1c(=O)n(Cc2ccccc2C#N)c2cnc(NC3CC3)nc21. The summed E-state index contributed by atoms with van der Waals surface area (Å²) in [6.45, 7) is 0.572. The summed E-state index contributed by atoms with van der Waals surface area (Å²) in [6.07, 6.45) is 3.88. The highest BCUT2D eigenvalue weighted by Gasteiger charge is 2.23. The molecule has 1 N–H and O–H groups in total. The van der Waals surface area contributed by atoms with E-state index in [0.717, 1.165) is 24.0 Å². The van der Waals surface area contributed by atoms with Crippen molar-refractivity contribution in [2.45, 2.75) is 32.0 Å². The summed E-state index contributed by atoms with van der Waals surface area (Å²) < 4.78 is 8.75.